The second-order valence-electron chi connectivity index (χ2n) is 2.91. The molecule has 0 radical (unpaired) electrons. The van der Waals surface area contributed by atoms with Crippen molar-refractivity contribution >= 4 is 21.6 Å². The van der Waals surface area contributed by atoms with Gasteiger partial charge in [-0.3, -0.25) is 0 Å². The normalized spacial score (nSPS) is 10.7. The summed E-state index contributed by atoms with van der Waals surface area (Å²) >= 11 is 3.19. The van der Waals surface area contributed by atoms with Gasteiger partial charge in [-0.2, -0.15) is 0 Å². The Kier molecular flexibility index (Phi) is 5.01. The van der Waals surface area contributed by atoms with Crippen LogP contribution in [0.3, 0.4) is 0 Å². The molecule has 0 amide bonds. The molecule has 84 valence electrons. The Balaban J connectivity index is 2.57. The van der Waals surface area contributed by atoms with Crippen molar-refractivity contribution in [1.82, 2.24) is 0 Å². The summed E-state index contributed by atoms with van der Waals surface area (Å²) in [6.45, 7) is 0.394. The van der Waals surface area contributed by atoms with Gasteiger partial charge in [0.2, 0.25) is 0 Å². The van der Waals surface area contributed by atoms with Crippen LogP contribution >= 0.6 is 15.9 Å². The lowest BCUT2D eigenvalue weighted by Gasteiger charge is -2.15. The van der Waals surface area contributed by atoms with E-state index >= 15 is 0 Å². The number of rotatable bonds is 5. The van der Waals surface area contributed by atoms with Gasteiger partial charge in [-0.1, -0.05) is 15.9 Å². The quantitative estimate of drug-likeness (QED) is 0.840. The molecule has 0 bridgehead atoms. The van der Waals surface area contributed by atoms with Crippen molar-refractivity contribution in [2.75, 3.05) is 26.1 Å². The van der Waals surface area contributed by atoms with Crippen molar-refractivity contribution in [3.8, 4) is 0 Å². The van der Waals surface area contributed by atoms with E-state index in [-0.39, 0.29) is 12.1 Å². The fourth-order valence-corrected chi connectivity index (χ4v) is 1.42. The maximum atomic E-state index is 13.3. The summed E-state index contributed by atoms with van der Waals surface area (Å²) in [4.78, 5) is 0. The van der Waals surface area contributed by atoms with Crippen LogP contribution in [0.25, 0.3) is 0 Å². The Morgan fingerprint density at radius 1 is 1.40 bits per heavy atom. The Morgan fingerprint density at radius 2 is 2.07 bits per heavy atom. The van der Waals surface area contributed by atoms with Gasteiger partial charge >= 0.3 is 0 Å². The highest BCUT2D eigenvalue weighted by Crippen LogP contribution is 2.19. The van der Waals surface area contributed by atoms with E-state index in [4.69, 9.17) is 9.47 Å². The first-order valence-electron chi connectivity index (χ1n) is 4.42. The Hall–Kier alpha value is -0.650. The third kappa shape index (κ3) is 3.77. The van der Waals surface area contributed by atoms with E-state index in [0.717, 1.165) is 0 Å². The average molecular weight is 278 g/mol. The molecule has 1 aromatic rings. The molecule has 1 aromatic carbocycles. The van der Waals surface area contributed by atoms with E-state index in [1.54, 1.807) is 12.1 Å². The monoisotopic (exact) mass is 277 g/mol. The zero-order valence-corrected chi connectivity index (χ0v) is 10.2. The zero-order valence-electron chi connectivity index (χ0n) is 8.59. The topological polar surface area (TPSA) is 30.5 Å². The first kappa shape index (κ1) is 12.4. The number of methoxy groups -OCH3 is 2. The van der Waals surface area contributed by atoms with Gasteiger partial charge in [-0.15, -0.1) is 0 Å². The lowest BCUT2D eigenvalue weighted by atomic mass is 10.3. The van der Waals surface area contributed by atoms with Crippen molar-refractivity contribution in [3.63, 3.8) is 0 Å². The highest BCUT2D eigenvalue weighted by Gasteiger charge is 2.07. The summed E-state index contributed by atoms with van der Waals surface area (Å²) in [6, 6.07) is 4.82. The van der Waals surface area contributed by atoms with E-state index in [2.05, 4.69) is 21.2 Å². The first-order valence-corrected chi connectivity index (χ1v) is 5.21. The van der Waals surface area contributed by atoms with Gasteiger partial charge in [-0.25, -0.2) is 4.39 Å². The Labute approximate surface area is 96.7 Å². The minimum Gasteiger partial charge on any atom is -0.378 e. The van der Waals surface area contributed by atoms with E-state index in [1.165, 1.54) is 20.3 Å². The van der Waals surface area contributed by atoms with Crippen LogP contribution in [-0.2, 0) is 9.47 Å². The molecule has 0 saturated carbocycles. The molecule has 0 saturated heterocycles. The summed E-state index contributed by atoms with van der Waals surface area (Å²) in [5.41, 5.74) is 0.428. The molecule has 15 heavy (non-hydrogen) atoms. The molecule has 0 atom stereocenters. The fraction of sp³-hybridized carbons (Fsp3) is 0.400. The van der Waals surface area contributed by atoms with Crippen LogP contribution in [0.1, 0.15) is 0 Å². The van der Waals surface area contributed by atoms with Gasteiger partial charge in [0, 0.05) is 18.7 Å². The standard InChI is InChI=1S/C10H13BrFNO2/c1-14-10(15-2)6-13-9-4-3-7(11)5-8(9)12/h3-5,10,13H,6H2,1-2H3. The first-order chi connectivity index (χ1) is 7.17. The van der Waals surface area contributed by atoms with Gasteiger partial charge in [0.05, 0.1) is 12.2 Å². The lowest BCUT2D eigenvalue weighted by molar-refractivity contribution is -0.0914. The molecular formula is C10H13BrFNO2. The molecule has 0 aliphatic heterocycles. The summed E-state index contributed by atoms with van der Waals surface area (Å²) in [5.74, 6) is -0.310. The van der Waals surface area contributed by atoms with E-state index < -0.39 is 0 Å². The maximum absolute atomic E-state index is 13.3. The Morgan fingerprint density at radius 3 is 2.60 bits per heavy atom. The van der Waals surface area contributed by atoms with Crippen molar-refractivity contribution in [1.29, 1.82) is 0 Å². The van der Waals surface area contributed by atoms with Crippen LogP contribution in [0.5, 0.6) is 0 Å². The molecule has 3 nitrogen and oxygen atoms in total. The van der Waals surface area contributed by atoms with Crippen molar-refractivity contribution in [3.05, 3.63) is 28.5 Å². The van der Waals surface area contributed by atoms with Crippen LogP contribution < -0.4 is 5.32 Å². The average Bonchev–Trinajstić information content (AvgIpc) is 2.22. The minimum atomic E-state index is -0.381. The van der Waals surface area contributed by atoms with Gasteiger partial charge < -0.3 is 14.8 Å². The molecule has 0 unspecified atom stereocenters. The number of anilines is 1. The predicted octanol–water partition coefficient (Wildman–Crippen LogP) is 2.62. The second kappa shape index (κ2) is 6.05. The molecule has 1 N–H and O–H groups in total. The maximum Gasteiger partial charge on any atom is 0.173 e. The number of benzene rings is 1. The number of hydrogen-bond acceptors (Lipinski definition) is 3. The highest BCUT2D eigenvalue weighted by atomic mass is 79.9. The van der Waals surface area contributed by atoms with Crippen LogP contribution in [0.4, 0.5) is 10.1 Å². The summed E-state index contributed by atoms with van der Waals surface area (Å²) < 4.78 is 24.0. The molecule has 0 aromatic heterocycles. The van der Waals surface area contributed by atoms with Crippen LogP contribution in [-0.4, -0.2) is 27.1 Å². The Bertz CT molecular complexity index is 318. The number of nitrogens with one attached hydrogen (secondary N) is 1. The molecule has 5 heteroatoms. The molecule has 0 fully saturated rings. The van der Waals surface area contributed by atoms with Gasteiger partial charge in [-0.05, 0) is 18.2 Å². The predicted molar refractivity (Wildman–Crippen MR) is 60.4 cm³/mol. The molecule has 0 heterocycles. The second-order valence-corrected chi connectivity index (χ2v) is 3.82. The number of halogens is 2. The van der Waals surface area contributed by atoms with Gasteiger partial charge in [0.25, 0.3) is 0 Å². The van der Waals surface area contributed by atoms with Crippen molar-refractivity contribution < 1.29 is 13.9 Å². The van der Waals surface area contributed by atoms with Crippen LogP contribution in [0.15, 0.2) is 22.7 Å². The van der Waals surface area contributed by atoms with E-state index in [9.17, 15) is 4.39 Å². The highest BCUT2D eigenvalue weighted by molar-refractivity contribution is 9.10. The molecule has 1 rings (SSSR count). The third-order valence-electron chi connectivity index (χ3n) is 1.92. The summed E-state index contributed by atoms with van der Waals surface area (Å²) in [5, 5.41) is 2.90. The largest absolute Gasteiger partial charge is 0.378 e. The van der Waals surface area contributed by atoms with E-state index in [0.29, 0.717) is 16.7 Å². The zero-order chi connectivity index (χ0) is 11.3. The fourth-order valence-electron chi connectivity index (χ4n) is 1.09. The number of ether oxygens (including phenoxy) is 2. The lowest BCUT2D eigenvalue weighted by Crippen LogP contribution is -2.23. The van der Waals surface area contributed by atoms with Crippen molar-refractivity contribution in [2.45, 2.75) is 6.29 Å². The number of hydrogen-bond donors (Lipinski definition) is 1. The molecule has 0 aliphatic carbocycles. The van der Waals surface area contributed by atoms with Gasteiger partial charge in [0.15, 0.2) is 6.29 Å². The summed E-state index contributed by atoms with van der Waals surface area (Å²) in [7, 11) is 3.07. The van der Waals surface area contributed by atoms with Crippen molar-refractivity contribution in [2.24, 2.45) is 0 Å². The smallest absolute Gasteiger partial charge is 0.173 e. The van der Waals surface area contributed by atoms with Crippen LogP contribution in [0, 0.1) is 5.82 Å². The van der Waals surface area contributed by atoms with Crippen LogP contribution in [0.2, 0.25) is 0 Å². The van der Waals surface area contributed by atoms with E-state index in [1.807, 2.05) is 0 Å². The van der Waals surface area contributed by atoms with Gasteiger partial charge in [0.1, 0.15) is 5.82 Å². The third-order valence-corrected chi connectivity index (χ3v) is 2.41. The SMILES string of the molecule is COC(CNc1ccc(Br)cc1F)OC. The minimum absolute atomic E-state index is 0.310. The summed E-state index contributed by atoms with van der Waals surface area (Å²) in [6.07, 6.45) is -0.381. The molecular weight excluding hydrogens is 265 g/mol. The molecule has 0 spiro atoms. The molecule has 0 aliphatic rings.